The van der Waals surface area contributed by atoms with Gasteiger partial charge in [0.25, 0.3) is 0 Å². The number of hydrogen-bond donors (Lipinski definition) is 0. The van der Waals surface area contributed by atoms with E-state index in [4.69, 9.17) is 14.7 Å². The zero-order valence-electron chi connectivity index (χ0n) is 12.3. The van der Waals surface area contributed by atoms with Gasteiger partial charge in [0.1, 0.15) is 0 Å². The average molecular weight is 275 g/mol. The summed E-state index contributed by atoms with van der Waals surface area (Å²) in [5.74, 6) is 1.07. The Morgan fingerprint density at radius 3 is 2.70 bits per heavy atom. The predicted molar refractivity (Wildman–Crippen MR) is 77.1 cm³/mol. The van der Waals surface area contributed by atoms with Crippen molar-refractivity contribution in [3.63, 3.8) is 0 Å². The van der Waals surface area contributed by atoms with Crippen molar-refractivity contribution < 1.29 is 14.3 Å². The Morgan fingerprint density at radius 1 is 1.35 bits per heavy atom. The van der Waals surface area contributed by atoms with Gasteiger partial charge in [0.05, 0.1) is 30.3 Å². The van der Waals surface area contributed by atoms with Crippen LogP contribution >= 0.6 is 0 Å². The number of ether oxygens (including phenoxy) is 2. The first-order valence-corrected chi connectivity index (χ1v) is 6.79. The monoisotopic (exact) mass is 275 g/mol. The van der Waals surface area contributed by atoms with Gasteiger partial charge in [0, 0.05) is 0 Å². The van der Waals surface area contributed by atoms with Crippen LogP contribution in [0, 0.1) is 16.7 Å². The second kappa shape index (κ2) is 7.54. The van der Waals surface area contributed by atoms with Crippen LogP contribution in [0.15, 0.2) is 18.2 Å². The molecule has 108 valence electrons. The summed E-state index contributed by atoms with van der Waals surface area (Å²) < 4.78 is 11.1. The summed E-state index contributed by atoms with van der Waals surface area (Å²) >= 11 is 0. The average Bonchev–Trinajstić information content (AvgIpc) is 2.45. The molecule has 0 N–H and O–H groups in total. The summed E-state index contributed by atoms with van der Waals surface area (Å²) in [4.78, 5) is 11.0. The number of benzene rings is 1. The van der Waals surface area contributed by atoms with Crippen LogP contribution in [0.2, 0.25) is 0 Å². The second-order valence-electron chi connectivity index (χ2n) is 5.17. The van der Waals surface area contributed by atoms with Crippen LogP contribution in [0.25, 0.3) is 0 Å². The normalized spacial score (nSPS) is 10.7. The van der Waals surface area contributed by atoms with Gasteiger partial charge in [-0.25, -0.2) is 0 Å². The van der Waals surface area contributed by atoms with E-state index in [1.807, 2.05) is 20.8 Å². The number of rotatable bonds is 8. The topological polar surface area (TPSA) is 59.3 Å². The van der Waals surface area contributed by atoms with Crippen molar-refractivity contribution in [2.45, 2.75) is 33.6 Å². The molecule has 0 heterocycles. The largest absolute Gasteiger partial charge is 0.490 e. The van der Waals surface area contributed by atoms with Crippen molar-refractivity contribution in [1.29, 1.82) is 5.26 Å². The lowest BCUT2D eigenvalue weighted by Gasteiger charge is -2.16. The lowest BCUT2D eigenvalue weighted by Crippen LogP contribution is -2.11. The van der Waals surface area contributed by atoms with Crippen LogP contribution in [-0.2, 0) is 0 Å². The van der Waals surface area contributed by atoms with Gasteiger partial charge in [-0.2, -0.15) is 5.26 Å². The number of aldehydes is 1. The molecule has 0 bridgehead atoms. The molecule has 1 rings (SSSR count). The first-order valence-electron chi connectivity index (χ1n) is 6.79. The maximum atomic E-state index is 11.0. The molecule has 0 spiro atoms. The van der Waals surface area contributed by atoms with Crippen molar-refractivity contribution in [3.05, 3.63) is 23.8 Å². The minimum absolute atomic E-state index is 0.351. The summed E-state index contributed by atoms with van der Waals surface area (Å²) in [6.07, 6.45) is 2.26. The lowest BCUT2D eigenvalue weighted by atomic mass is 9.90. The van der Waals surface area contributed by atoms with Gasteiger partial charge in [-0.3, -0.25) is 4.79 Å². The van der Waals surface area contributed by atoms with Crippen molar-refractivity contribution in [3.8, 4) is 17.6 Å². The van der Waals surface area contributed by atoms with Crippen LogP contribution in [-0.4, -0.2) is 19.5 Å². The summed E-state index contributed by atoms with van der Waals surface area (Å²) in [5, 5.41) is 8.95. The molecule has 0 unspecified atom stereocenters. The Balaban J connectivity index is 2.67. The van der Waals surface area contributed by atoms with Crippen LogP contribution < -0.4 is 9.47 Å². The van der Waals surface area contributed by atoms with Crippen molar-refractivity contribution >= 4 is 6.29 Å². The number of para-hydroxylation sites is 1. The van der Waals surface area contributed by atoms with E-state index in [1.54, 1.807) is 18.2 Å². The Hall–Kier alpha value is -2.02. The highest BCUT2D eigenvalue weighted by Gasteiger charge is 2.16. The second-order valence-corrected chi connectivity index (χ2v) is 5.17. The molecule has 0 fully saturated rings. The van der Waals surface area contributed by atoms with Gasteiger partial charge in [-0.15, -0.1) is 0 Å². The van der Waals surface area contributed by atoms with Gasteiger partial charge in [0.2, 0.25) is 0 Å². The third-order valence-corrected chi connectivity index (χ3v) is 2.93. The van der Waals surface area contributed by atoms with Crippen LogP contribution in [0.4, 0.5) is 0 Å². The minimum atomic E-state index is -0.351. The molecule has 4 heteroatoms. The van der Waals surface area contributed by atoms with Crippen molar-refractivity contribution in [2.75, 3.05) is 13.2 Å². The fraction of sp³-hybridized carbons (Fsp3) is 0.500. The molecule has 1 aromatic carbocycles. The fourth-order valence-corrected chi connectivity index (χ4v) is 1.79. The van der Waals surface area contributed by atoms with Gasteiger partial charge < -0.3 is 9.47 Å². The molecule has 0 atom stereocenters. The summed E-state index contributed by atoms with van der Waals surface area (Å²) in [6.45, 7) is 6.65. The Bertz CT molecular complexity index is 489. The van der Waals surface area contributed by atoms with Gasteiger partial charge in [-0.05, 0) is 45.7 Å². The Kier molecular flexibility index (Phi) is 6.05. The van der Waals surface area contributed by atoms with Crippen molar-refractivity contribution in [2.24, 2.45) is 5.41 Å². The lowest BCUT2D eigenvalue weighted by molar-refractivity contribution is 0.111. The molecule has 0 amide bonds. The highest BCUT2D eigenvalue weighted by atomic mass is 16.5. The smallest absolute Gasteiger partial charge is 0.171 e. The molecule has 0 aliphatic rings. The quantitative estimate of drug-likeness (QED) is 0.537. The standard InChI is InChI=1S/C16H21NO3/c1-4-19-14-8-5-7-13(11-18)15(14)20-10-6-9-16(2,3)12-17/h5,7-8,11H,4,6,9-10H2,1-3H3. The van der Waals surface area contributed by atoms with E-state index in [-0.39, 0.29) is 5.41 Å². The van der Waals surface area contributed by atoms with Gasteiger partial charge in [0.15, 0.2) is 17.8 Å². The summed E-state index contributed by atoms with van der Waals surface area (Å²) in [7, 11) is 0. The first kappa shape index (κ1) is 16.0. The molecule has 0 saturated carbocycles. The Labute approximate surface area is 120 Å². The molecule has 0 aromatic heterocycles. The molecule has 4 nitrogen and oxygen atoms in total. The number of carbonyl (C=O) groups excluding carboxylic acids is 1. The van der Waals surface area contributed by atoms with Crippen molar-refractivity contribution in [1.82, 2.24) is 0 Å². The summed E-state index contributed by atoms with van der Waals surface area (Å²) in [5.41, 5.74) is 0.131. The summed E-state index contributed by atoms with van der Waals surface area (Å²) in [6, 6.07) is 7.50. The molecular weight excluding hydrogens is 254 g/mol. The maximum absolute atomic E-state index is 11.0. The number of nitriles is 1. The highest BCUT2D eigenvalue weighted by molar-refractivity contribution is 5.81. The predicted octanol–water partition coefficient (Wildman–Crippen LogP) is 3.61. The van der Waals surface area contributed by atoms with E-state index in [0.29, 0.717) is 30.3 Å². The minimum Gasteiger partial charge on any atom is -0.490 e. The molecular formula is C16H21NO3. The molecule has 0 aliphatic carbocycles. The highest BCUT2D eigenvalue weighted by Crippen LogP contribution is 2.31. The van der Waals surface area contributed by atoms with E-state index in [0.717, 1.165) is 19.1 Å². The molecule has 0 saturated heterocycles. The van der Waals surface area contributed by atoms with E-state index in [1.165, 1.54) is 0 Å². The van der Waals surface area contributed by atoms with Gasteiger partial charge >= 0.3 is 0 Å². The molecule has 0 aliphatic heterocycles. The zero-order chi connectivity index (χ0) is 15.0. The third kappa shape index (κ3) is 4.58. The van der Waals surface area contributed by atoms with E-state index in [9.17, 15) is 4.79 Å². The number of carbonyl (C=O) groups is 1. The first-order chi connectivity index (χ1) is 9.54. The fourth-order valence-electron chi connectivity index (χ4n) is 1.79. The van der Waals surface area contributed by atoms with Crippen LogP contribution in [0.1, 0.15) is 44.0 Å². The number of nitrogens with zero attached hydrogens (tertiary/aromatic N) is 1. The van der Waals surface area contributed by atoms with Crippen LogP contribution in [0.3, 0.4) is 0 Å². The van der Waals surface area contributed by atoms with E-state index >= 15 is 0 Å². The SMILES string of the molecule is CCOc1cccc(C=O)c1OCCCC(C)(C)C#N. The maximum Gasteiger partial charge on any atom is 0.171 e. The van der Waals surface area contributed by atoms with Crippen LogP contribution in [0.5, 0.6) is 11.5 Å². The zero-order valence-corrected chi connectivity index (χ0v) is 12.3. The van der Waals surface area contributed by atoms with Gasteiger partial charge in [-0.1, -0.05) is 6.07 Å². The molecule has 20 heavy (non-hydrogen) atoms. The van der Waals surface area contributed by atoms with E-state index < -0.39 is 0 Å². The molecule has 0 radical (unpaired) electrons. The van der Waals surface area contributed by atoms with E-state index in [2.05, 4.69) is 6.07 Å². The Morgan fingerprint density at radius 2 is 2.10 bits per heavy atom. The third-order valence-electron chi connectivity index (χ3n) is 2.93. The molecule has 1 aromatic rings. The number of hydrogen-bond acceptors (Lipinski definition) is 4.